The van der Waals surface area contributed by atoms with Crippen LogP contribution in [-0.2, 0) is 17.3 Å². The van der Waals surface area contributed by atoms with Crippen LogP contribution in [0.15, 0.2) is 0 Å². The lowest BCUT2D eigenvalue weighted by molar-refractivity contribution is -0.133. The molecule has 0 aliphatic heterocycles. The fourth-order valence-corrected chi connectivity index (χ4v) is 13.3. The molecule has 1 aromatic heterocycles. The first kappa shape index (κ1) is 28.2. The van der Waals surface area contributed by atoms with Crippen molar-refractivity contribution in [3.05, 3.63) is 11.3 Å². The topological polar surface area (TPSA) is 36.3 Å². The van der Waals surface area contributed by atoms with Crippen LogP contribution < -0.4 is 4.43 Å². The Morgan fingerprint density at radius 3 is 2.05 bits per heavy atom. The molecule has 3 saturated carbocycles. The summed E-state index contributed by atoms with van der Waals surface area (Å²) in [6, 6.07) is 0. The van der Waals surface area contributed by atoms with Crippen molar-refractivity contribution < 1.29 is 8.85 Å². The zero-order chi connectivity index (χ0) is 27.4. The summed E-state index contributed by atoms with van der Waals surface area (Å²) in [5, 5.41) is 5.31. The summed E-state index contributed by atoms with van der Waals surface area (Å²) in [5.41, 5.74) is 3.60. The van der Waals surface area contributed by atoms with Gasteiger partial charge in [-0.25, -0.2) is 0 Å². The maximum Gasteiger partial charge on any atom is 0.244 e. The minimum atomic E-state index is -1.75. The maximum atomic E-state index is 7.03. The van der Waals surface area contributed by atoms with Crippen molar-refractivity contribution in [2.24, 2.45) is 34.5 Å². The molecule has 7 heteroatoms. The molecule has 0 aromatic carbocycles. The molecule has 0 saturated heterocycles. The van der Waals surface area contributed by atoms with Gasteiger partial charge in [-0.2, -0.15) is 5.10 Å². The predicted octanol–water partition coefficient (Wildman–Crippen LogP) is 8.35. The summed E-state index contributed by atoms with van der Waals surface area (Å²) in [5.74, 6) is 4.41. The Labute approximate surface area is 231 Å². The second-order valence-electron chi connectivity index (χ2n) is 17.0. The van der Waals surface area contributed by atoms with Crippen molar-refractivity contribution in [1.29, 1.82) is 0 Å². The van der Waals surface area contributed by atoms with Crippen molar-refractivity contribution >= 4 is 24.9 Å². The normalized spacial score (nSPS) is 40.0. The van der Waals surface area contributed by atoms with Gasteiger partial charge in [-0.1, -0.05) is 13.8 Å². The van der Waals surface area contributed by atoms with Gasteiger partial charge in [0.1, 0.15) is 0 Å². The van der Waals surface area contributed by atoms with E-state index in [1.807, 2.05) is 0 Å². The van der Waals surface area contributed by atoms with Gasteiger partial charge in [0, 0.05) is 5.56 Å². The average molecular weight is 561 g/mol. The molecule has 5 unspecified atom stereocenters. The van der Waals surface area contributed by atoms with Gasteiger partial charge < -0.3 is 8.85 Å². The van der Waals surface area contributed by atoms with Crippen molar-refractivity contribution in [2.75, 3.05) is 0 Å². The molecule has 210 valence electrons. The molecule has 0 N–H and O–H groups in total. The fourth-order valence-electron chi connectivity index (χ4n) is 9.50. The van der Waals surface area contributed by atoms with Crippen LogP contribution in [0.2, 0.25) is 58.9 Å². The number of aromatic nitrogens is 2. The lowest BCUT2D eigenvalue weighted by Crippen LogP contribution is -2.58. The summed E-state index contributed by atoms with van der Waals surface area (Å²) in [6.45, 7) is 29.1. The lowest BCUT2D eigenvalue weighted by Gasteiger charge is -2.61. The molecule has 4 nitrogen and oxygen atoms in total. The van der Waals surface area contributed by atoms with E-state index in [2.05, 4.69) is 84.0 Å². The van der Waals surface area contributed by atoms with Crippen molar-refractivity contribution in [3.63, 3.8) is 0 Å². The number of fused-ring (bicyclic) bond motifs is 6. The van der Waals surface area contributed by atoms with E-state index in [4.69, 9.17) is 14.0 Å². The highest BCUT2D eigenvalue weighted by molar-refractivity contribution is 6.75. The molecule has 1 heterocycles. The molecule has 7 atom stereocenters. The molecule has 0 bridgehead atoms. The van der Waals surface area contributed by atoms with Gasteiger partial charge in [-0.05, 0) is 152 Å². The van der Waals surface area contributed by atoms with Gasteiger partial charge in [0.25, 0.3) is 0 Å². The summed E-state index contributed by atoms with van der Waals surface area (Å²) in [7, 11) is -5.02. The Bertz CT molecular complexity index is 1050. The fraction of sp³-hybridized carbons (Fsp3) is 0.900. The average Bonchev–Trinajstić information content (AvgIpc) is 3.17. The van der Waals surface area contributed by atoms with E-state index >= 15 is 0 Å². The SMILES string of the molecule is CC12Cc3c(nn([Si](C)(C)C)c3O[Si](C)(C)C)C[C@@H]1CCC1C2CCC2(C)C1CC[C@]2(C)O[Si](C)(C)C. The van der Waals surface area contributed by atoms with Gasteiger partial charge >= 0.3 is 0 Å². The first-order valence-electron chi connectivity index (χ1n) is 15.3. The third-order valence-electron chi connectivity index (χ3n) is 11.2. The summed E-state index contributed by atoms with van der Waals surface area (Å²) in [6.07, 6.45) is 10.4. The van der Waals surface area contributed by atoms with Crippen molar-refractivity contribution in [2.45, 2.75) is 137 Å². The van der Waals surface area contributed by atoms with Gasteiger partial charge in [0.05, 0.1) is 11.3 Å². The largest absolute Gasteiger partial charge is 0.532 e. The first-order chi connectivity index (χ1) is 16.8. The van der Waals surface area contributed by atoms with Gasteiger partial charge in [-0.15, -0.1) is 0 Å². The Morgan fingerprint density at radius 2 is 1.46 bits per heavy atom. The van der Waals surface area contributed by atoms with Gasteiger partial charge in [-0.3, -0.25) is 4.35 Å². The highest BCUT2D eigenvalue weighted by Crippen LogP contribution is 2.68. The van der Waals surface area contributed by atoms with E-state index in [0.717, 1.165) is 36.0 Å². The van der Waals surface area contributed by atoms with Crippen LogP contribution in [0.5, 0.6) is 5.88 Å². The number of hydrogen-bond acceptors (Lipinski definition) is 3. The number of nitrogens with zero attached hydrogens (tertiary/aromatic N) is 2. The molecular weight excluding hydrogens is 505 g/mol. The van der Waals surface area contributed by atoms with Crippen LogP contribution in [0.4, 0.5) is 0 Å². The summed E-state index contributed by atoms with van der Waals surface area (Å²) >= 11 is 0. The highest BCUT2D eigenvalue weighted by Gasteiger charge is 2.64. The van der Waals surface area contributed by atoms with Crippen LogP contribution in [0.1, 0.15) is 70.6 Å². The van der Waals surface area contributed by atoms with Crippen LogP contribution in [0.25, 0.3) is 0 Å². The van der Waals surface area contributed by atoms with Crippen LogP contribution in [-0.4, -0.2) is 39.9 Å². The molecule has 1 aromatic rings. The molecule has 0 spiro atoms. The number of rotatable bonds is 5. The maximum absolute atomic E-state index is 7.03. The summed E-state index contributed by atoms with van der Waals surface area (Å²) in [4.78, 5) is 0. The standard InChI is InChI=1S/C30H56N2O2Si3/c1-28-20-23-26(31-32(35(4,5)6)27(23)33-36(7,8)9)19-21(28)13-14-22-24(28)15-17-29(2)25(22)16-18-30(29,3)34-37(10,11)12/h21-22,24-25H,13-20H2,1-12H3/t21-,22?,24?,25?,28?,29?,30-/m0/s1. The summed E-state index contributed by atoms with van der Waals surface area (Å²) < 4.78 is 16.3. The predicted molar refractivity (Wildman–Crippen MR) is 163 cm³/mol. The van der Waals surface area contributed by atoms with E-state index in [1.165, 1.54) is 56.2 Å². The minimum Gasteiger partial charge on any atom is -0.532 e. The zero-order valence-corrected chi connectivity index (χ0v) is 29.2. The molecule has 4 aliphatic rings. The van der Waals surface area contributed by atoms with Crippen LogP contribution >= 0.6 is 0 Å². The van der Waals surface area contributed by atoms with Crippen LogP contribution in [0, 0.1) is 34.5 Å². The Kier molecular flexibility index (Phi) is 6.52. The Morgan fingerprint density at radius 1 is 0.811 bits per heavy atom. The molecule has 5 rings (SSSR count). The molecule has 0 radical (unpaired) electrons. The smallest absolute Gasteiger partial charge is 0.244 e. The molecule has 0 amide bonds. The van der Waals surface area contributed by atoms with E-state index in [9.17, 15) is 0 Å². The van der Waals surface area contributed by atoms with Crippen LogP contribution in [0.3, 0.4) is 0 Å². The van der Waals surface area contributed by atoms with E-state index in [-0.39, 0.29) is 5.60 Å². The van der Waals surface area contributed by atoms with Gasteiger partial charge in [0.15, 0.2) is 22.4 Å². The lowest BCUT2D eigenvalue weighted by atomic mass is 9.44. The molecular formula is C30H56N2O2Si3. The Hall–Kier alpha value is -0.379. The third kappa shape index (κ3) is 4.59. The second kappa shape index (κ2) is 8.56. The zero-order valence-electron chi connectivity index (χ0n) is 26.2. The van der Waals surface area contributed by atoms with Crippen molar-refractivity contribution in [3.8, 4) is 5.88 Å². The molecule has 37 heavy (non-hydrogen) atoms. The molecule has 3 fully saturated rings. The molecule has 4 aliphatic carbocycles. The van der Waals surface area contributed by atoms with E-state index in [0.29, 0.717) is 10.8 Å². The van der Waals surface area contributed by atoms with E-state index < -0.39 is 24.9 Å². The monoisotopic (exact) mass is 560 g/mol. The Balaban J connectivity index is 1.49. The first-order valence-corrected chi connectivity index (χ1v) is 25.5. The van der Waals surface area contributed by atoms with Crippen molar-refractivity contribution in [1.82, 2.24) is 9.45 Å². The highest BCUT2D eigenvalue weighted by atomic mass is 28.4. The van der Waals surface area contributed by atoms with E-state index in [1.54, 1.807) is 0 Å². The minimum absolute atomic E-state index is 0.0570. The number of hydrogen-bond donors (Lipinski definition) is 0. The van der Waals surface area contributed by atoms with Gasteiger partial charge in [0.2, 0.25) is 8.32 Å². The second-order valence-corrected chi connectivity index (χ2v) is 30.6. The quantitative estimate of drug-likeness (QED) is 0.340. The third-order valence-corrected chi connectivity index (χ3v) is 14.6.